The molecule has 0 spiro atoms. The largest absolute Gasteiger partial charge is 0.456 e. The number of alkyl halides is 1. The zero-order valence-corrected chi connectivity index (χ0v) is 9.05. The molecule has 2 atom stereocenters. The highest BCUT2D eigenvalue weighted by atomic mass is 79.9. The Morgan fingerprint density at radius 2 is 2.21 bits per heavy atom. The number of esters is 1. The summed E-state index contributed by atoms with van der Waals surface area (Å²) in [7, 11) is 0. The van der Waals surface area contributed by atoms with Crippen LogP contribution in [0.25, 0.3) is 0 Å². The van der Waals surface area contributed by atoms with Crippen molar-refractivity contribution in [1.29, 1.82) is 0 Å². The molecular formula is C10H8BrFO2. The number of rotatable bonds is 0. The van der Waals surface area contributed by atoms with Gasteiger partial charge in [0.05, 0.1) is 5.56 Å². The Bertz CT molecular complexity index is 392. The Labute approximate surface area is 89.2 Å². The number of ether oxygens (including phenoxy) is 1. The van der Waals surface area contributed by atoms with Gasteiger partial charge in [0.1, 0.15) is 6.10 Å². The van der Waals surface area contributed by atoms with Gasteiger partial charge in [0.15, 0.2) is 6.17 Å². The van der Waals surface area contributed by atoms with Gasteiger partial charge >= 0.3 is 5.97 Å². The van der Waals surface area contributed by atoms with Crippen molar-refractivity contribution in [2.24, 2.45) is 0 Å². The Morgan fingerprint density at radius 1 is 1.50 bits per heavy atom. The van der Waals surface area contributed by atoms with Gasteiger partial charge in [-0.3, -0.25) is 0 Å². The smallest absolute Gasteiger partial charge is 0.338 e. The van der Waals surface area contributed by atoms with Crippen molar-refractivity contribution in [3.8, 4) is 0 Å². The van der Waals surface area contributed by atoms with Gasteiger partial charge < -0.3 is 4.74 Å². The minimum absolute atomic E-state index is 0.318. The van der Waals surface area contributed by atoms with E-state index in [9.17, 15) is 9.18 Å². The van der Waals surface area contributed by atoms with E-state index in [1.54, 1.807) is 25.1 Å². The molecule has 1 aliphatic rings. The monoisotopic (exact) mass is 258 g/mol. The third-order valence-electron chi connectivity index (χ3n) is 2.24. The highest BCUT2D eigenvalue weighted by Gasteiger charge is 2.32. The Hall–Kier alpha value is -0.900. The molecule has 1 aromatic carbocycles. The quantitative estimate of drug-likeness (QED) is 0.669. The van der Waals surface area contributed by atoms with Gasteiger partial charge in [0.25, 0.3) is 0 Å². The first kappa shape index (κ1) is 9.65. The molecule has 0 radical (unpaired) electrons. The third-order valence-corrected chi connectivity index (χ3v) is 2.73. The van der Waals surface area contributed by atoms with Crippen LogP contribution in [0, 0.1) is 0 Å². The number of carbonyl (C=O) groups excluding carboxylic acids is 1. The van der Waals surface area contributed by atoms with E-state index < -0.39 is 18.2 Å². The van der Waals surface area contributed by atoms with E-state index in [0.29, 0.717) is 11.1 Å². The van der Waals surface area contributed by atoms with Crippen LogP contribution in [-0.4, -0.2) is 12.1 Å². The van der Waals surface area contributed by atoms with Gasteiger partial charge in [-0.05, 0) is 25.1 Å². The molecule has 0 aliphatic carbocycles. The van der Waals surface area contributed by atoms with Crippen LogP contribution in [0.15, 0.2) is 22.7 Å². The van der Waals surface area contributed by atoms with Crippen molar-refractivity contribution < 1.29 is 13.9 Å². The summed E-state index contributed by atoms with van der Waals surface area (Å²) in [6, 6.07) is 4.89. The van der Waals surface area contributed by atoms with Crippen LogP contribution >= 0.6 is 15.9 Å². The molecule has 0 saturated carbocycles. The fourth-order valence-corrected chi connectivity index (χ4v) is 1.87. The molecule has 0 amide bonds. The van der Waals surface area contributed by atoms with Gasteiger partial charge in [-0.1, -0.05) is 15.9 Å². The van der Waals surface area contributed by atoms with Gasteiger partial charge in [0, 0.05) is 10.0 Å². The SMILES string of the molecule is C[C@H]1OC(=O)c2ccc(Br)cc2[C@@H]1F. The Morgan fingerprint density at radius 3 is 2.93 bits per heavy atom. The summed E-state index contributed by atoms with van der Waals surface area (Å²) in [6.07, 6.45) is -1.94. The fourth-order valence-electron chi connectivity index (χ4n) is 1.49. The molecule has 4 heteroatoms. The molecule has 0 unspecified atom stereocenters. The van der Waals surface area contributed by atoms with Crippen molar-refractivity contribution in [1.82, 2.24) is 0 Å². The van der Waals surface area contributed by atoms with Gasteiger partial charge in [-0.25, -0.2) is 9.18 Å². The highest BCUT2D eigenvalue weighted by Crippen LogP contribution is 2.33. The summed E-state index contributed by atoms with van der Waals surface area (Å²) in [5.74, 6) is -0.450. The molecule has 74 valence electrons. The summed E-state index contributed by atoms with van der Waals surface area (Å²) in [5.41, 5.74) is 0.724. The van der Waals surface area contributed by atoms with Crippen LogP contribution < -0.4 is 0 Å². The zero-order chi connectivity index (χ0) is 10.3. The molecular weight excluding hydrogens is 251 g/mol. The lowest BCUT2D eigenvalue weighted by atomic mass is 9.98. The number of cyclic esters (lactones) is 1. The van der Waals surface area contributed by atoms with E-state index in [2.05, 4.69) is 15.9 Å². The van der Waals surface area contributed by atoms with E-state index >= 15 is 0 Å². The minimum Gasteiger partial charge on any atom is -0.456 e. The van der Waals surface area contributed by atoms with E-state index in [1.165, 1.54) is 0 Å². The Kier molecular flexibility index (Phi) is 2.31. The van der Waals surface area contributed by atoms with E-state index in [1.807, 2.05) is 0 Å². The lowest BCUT2D eigenvalue weighted by Crippen LogP contribution is -2.27. The van der Waals surface area contributed by atoms with E-state index in [-0.39, 0.29) is 0 Å². The number of hydrogen-bond acceptors (Lipinski definition) is 2. The summed E-state index contributed by atoms with van der Waals surface area (Å²) in [5, 5.41) is 0. The minimum atomic E-state index is -1.24. The maximum atomic E-state index is 13.6. The molecule has 0 N–H and O–H groups in total. The van der Waals surface area contributed by atoms with Crippen molar-refractivity contribution in [3.63, 3.8) is 0 Å². The average Bonchev–Trinajstić information content (AvgIpc) is 2.14. The Balaban J connectivity index is 2.56. The lowest BCUT2D eigenvalue weighted by Gasteiger charge is -2.25. The second kappa shape index (κ2) is 3.35. The van der Waals surface area contributed by atoms with E-state index in [4.69, 9.17) is 4.74 Å². The van der Waals surface area contributed by atoms with Crippen molar-refractivity contribution in [2.45, 2.75) is 19.2 Å². The summed E-state index contributed by atoms with van der Waals surface area (Å²) in [4.78, 5) is 11.3. The second-order valence-corrected chi connectivity index (χ2v) is 4.16. The number of hydrogen-bond donors (Lipinski definition) is 0. The predicted octanol–water partition coefficient (Wildman–Crippen LogP) is 3.02. The first-order valence-electron chi connectivity index (χ1n) is 4.24. The number of halogens is 2. The normalized spacial score (nSPS) is 25.5. The topological polar surface area (TPSA) is 26.3 Å². The maximum Gasteiger partial charge on any atom is 0.338 e. The molecule has 0 aromatic heterocycles. The molecule has 0 fully saturated rings. The fraction of sp³-hybridized carbons (Fsp3) is 0.300. The molecule has 14 heavy (non-hydrogen) atoms. The predicted molar refractivity (Wildman–Crippen MR) is 52.9 cm³/mol. The summed E-state index contributed by atoms with van der Waals surface area (Å²) < 4.78 is 19.2. The molecule has 1 heterocycles. The van der Waals surface area contributed by atoms with Crippen molar-refractivity contribution in [3.05, 3.63) is 33.8 Å². The first-order valence-corrected chi connectivity index (χ1v) is 5.03. The van der Waals surface area contributed by atoms with Crippen LogP contribution in [0.2, 0.25) is 0 Å². The lowest BCUT2D eigenvalue weighted by molar-refractivity contribution is 0.00401. The number of fused-ring (bicyclic) bond motifs is 1. The number of benzene rings is 1. The summed E-state index contributed by atoms with van der Waals surface area (Å²) >= 11 is 3.24. The first-order chi connectivity index (χ1) is 6.59. The molecule has 2 nitrogen and oxygen atoms in total. The molecule has 2 rings (SSSR count). The van der Waals surface area contributed by atoms with Gasteiger partial charge in [-0.2, -0.15) is 0 Å². The molecule has 1 aromatic rings. The number of carbonyl (C=O) groups is 1. The van der Waals surface area contributed by atoms with Crippen molar-refractivity contribution in [2.75, 3.05) is 0 Å². The van der Waals surface area contributed by atoms with Crippen LogP contribution in [0.4, 0.5) is 4.39 Å². The van der Waals surface area contributed by atoms with Gasteiger partial charge in [-0.15, -0.1) is 0 Å². The van der Waals surface area contributed by atoms with Crippen LogP contribution in [0.3, 0.4) is 0 Å². The van der Waals surface area contributed by atoms with Crippen LogP contribution in [-0.2, 0) is 4.74 Å². The standard InChI is InChI=1S/C10H8BrFO2/c1-5-9(12)8-4-6(11)2-3-7(8)10(13)14-5/h2-5,9H,1H3/t5-,9-/m1/s1. The van der Waals surface area contributed by atoms with Gasteiger partial charge in [0.2, 0.25) is 0 Å². The second-order valence-electron chi connectivity index (χ2n) is 3.24. The van der Waals surface area contributed by atoms with Crippen LogP contribution in [0.5, 0.6) is 0 Å². The van der Waals surface area contributed by atoms with E-state index in [0.717, 1.165) is 4.47 Å². The molecule has 0 bridgehead atoms. The average molecular weight is 259 g/mol. The molecule has 0 saturated heterocycles. The maximum absolute atomic E-state index is 13.6. The summed E-state index contributed by atoms with van der Waals surface area (Å²) in [6.45, 7) is 1.55. The third kappa shape index (κ3) is 1.43. The zero-order valence-electron chi connectivity index (χ0n) is 7.46. The highest BCUT2D eigenvalue weighted by molar-refractivity contribution is 9.10. The van der Waals surface area contributed by atoms with Crippen LogP contribution in [0.1, 0.15) is 29.0 Å². The van der Waals surface area contributed by atoms with Crippen molar-refractivity contribution >= 4 is 21.9 Å². The molecule has 1 aliphatic heterocycles.